The molecule has 1 aromatic heterocycles. The third kappa shape index (κ3) is 5.42. The van der Waals surface area contributed by atoms with Gasteiger partial charge in [0.25, 0.3) is 0 Å². The molecular weight excluding hydrogens is 363 g/mol. The first-order chi connectivity index (χ1) is 11.6. The van der Waals surface area contributed by atoms with E-state index in [0.717, 1.165) is 25.1 Å². The molecule has 1 aliphatic rings. The first-order valence-electron chi connectivity index (χ1n) is 8.20. The zero-order chi connectivity index (χ0) is 16.9. The van der Waals surface area contributed by atoms with Gasteiger partial charge in [-0.2, -0.15) is 4.98 Å². The second-order valence-corrected chi connectivity index (χ2v) is 6.60. The normalized spacial score (nSPS) is 19.9. The van der Waals surface area contributed by atoms with Crippen molar-refractivity contribution in [2.24, 2.45) is 5.92 Å². The van der Waals surface area contributed by atoms with Crippen LogP contribution in [0.4, 0.5) is 0 Å². The average molecular weight is 385 g/mol. The molecule has 3 rings (SSSR count). The Hall–Kier alpha value is -1.63. The molecule has 1 fully saturated rings. The third-order valence-corrected chi connectivity index (χ3v) is 4.52. The van der Waals surface area contributed by atoms with Crippen molar-refractivity contribution in [1.82, 2.24) is 20.8 Å². The van der Waals surface area contributed by atoms with Crippen LogP contribution < -0.4 is 10.6 Å². The number of halogens is 2. The van der Waals surface area contributed by atoms with Gasteiger partial charge in [-0.05, 0) is 49.7 Å². The smallest absolute Gasteiger partial charge is 0.227 e. The third-order valence-electron chi connectivity index (χ3n) is 4.27. The monoisotopic (exact) mass is 384 g/mol. The number of piperidine rings is 1. The van der Waals surface area contributed by atoms with E-state index in [-0.39, 0.29) is 24.4 Å². The maximum atomic E-state index is 12.1. The van der Waals surface area contributed by atoms with E-state index in [4.69, 9.17) is 16.1 Å². The van der Waals surface area contributed by atoms with Crippen molar-refractivity contribution in [2.45, 2.75) is 32.2 Å². The summed E-state index contributed by atoms with van der Waals surface area (Å²) in [6, 6.07) is 7.47. The number of rotatable bonds is 5. The largest absolute Gasteiger partial charge is 0.353 e. The molecule has 1 amide bonds. The molecular formula is C17H22Cl2N4O2. The number of carbonyl (C=O) groups excluding carboxylic acids is 1. The molecule has 2 atom stereocenters. The Labute approximate surface area is 158 Å². The lowest BCUT2D eigenvalue weighted by molar-refractivity contribution is -0.122. The van der Waals surface area contributed by atoms with Gasteiger partial charge >= 0.3 is 0 Å². The summed E-state index contributed by atoms with van der Waals surface area (Å²) in [6.45, 7) is 4.04. The van der Waals surface area contributed by atoms with E-state index in [0.29, 0.717) is 35.5 Å². The van der Waals surface area contributed by atoms with Gasteiger partial charge in [0.15, 0.2) is 0 Å². The van der Waals surface area contributed by atoms with Crippen LogP contribution in [0.1, 0.15) is 25.7 Å². The number of nitrogens with one attached hydrogen (secondary N) is 2. The molecule has 6 nitrogen and oxygen atoms in total. The van der Waals surface area contributed by atoms with Crippen molar-refractivity contribution in [3.05, 3.63) is 35.2 Å². The Morgan fingerprint density at radius 2 is 2.16 bits per heavy atom. The van der Waals surface area contributed by atoms with Gasteiger partial charge in [0.2, 0.25) is 17.6 Å². The summed E-state index contributed by atoms with van der Waals surface area (Å²) in [5.41, 5.74) is 0.836. The number of carbonyl (C=O) groups is 1. The number of nitrogens with zero attached hydrogens (tertiary/aromatic N) is 2. The Kier molecular flexibility index (Phi) is 7.23. The molecule has 2 unspecified atom stereocenters. The fourth-order valence-corrected chi connectivity index (χ4v) is 2.93. The Morgan fingerprint density at radius 1 is 1.40 bits per heavy atom. The first-order valence-corrected chi connectivity index (χ1v) is 8.58. The summed E-state index contributed by atoms with van der Waals surface area (Å²) >= 11 is 5.87. The minimum Gasteiger partial charge on any atom is -0.353 e. The van der Waals surface area contributed by atoms with Gasteiger partial charge in [-0.25, -0.2) is 0 Å². The molecule has 25 heavy (non-hydrogen) atoms. The topological polar surface area (TPSA) is 80.0 Å². The van der Waals surface area contributed by atoms with Crippen molar-refractivity contribution in [2.75, 3.05) is 13.1 Å². The van der Waals surface area contributed by atoms with Crippen LogP contribution in [0.2, 0.25) is 5.02 Å². The molecule has 0 bridgehead atoms. The fourth-order valence-electron chi connectivity index (χ4n) is 2.80. The minimum absolute atomic E-state index is 0. The highest BCUT2D eigenvalue weighted by Crippen LogP contribution is 2.19. The van der Waals surface area contributed by atoms with Crippen LogP contribution in [0.5, 0.6) is 0 Å². The van der Waals surface area contributed by atoms with Gasteiger partial charge in [-0.15, -0.1) is 12.4 Å². The van der Waals surface area contributed by atoms with E-state index in [9.17, 15) is 4.79 Å². The lowest BCUT2D eigenvalue weighted by Crippen LogP contribution is -2.48. The van der Waals surface area contributed by atoms with Crippen LogP contribution in [0.3, 0.4) is 0 Å². The fraction of sp³-hybridized carbons (Fsp3) is 0.471. The van der Waals surface area contributed by atoms with Crippen LogP contribution >= 0.6 is 24.0 Å². The highest BCUT2D eigenvalue weighted by atomic mass is 35.5. The van der Waals surface area contributed by atoms with Gasteiger partial charge in [-0.3, -0.25) is 4.79 Å². The Morgan fingerprint density at radius 3 is 2.88 bits per heavy atom. The van der Waals surface area contributed by atoms with E-state index >= 15 is 0 Å². The highest BCUT2D eigenvalue weighted by molar-refractivity contribution is 6.30. The van der Waals surface area contributed by atoms with E-state index < -0.39 is 0 Å². The second-order valence-electron chi connectivity index (χ2n) is 6.16. The zero-order valence-electron chi connectivity index (χ0n) is 14.0. The number of aromatic nitrogens is 2. The Balaban J connectivity index is 0.00000225. The summed E-state index contributed by atoms with van der Waals surface area (Å²) in [6.07, 6.45) is 1.75. The number of hydrogen-bond donors (Lipinski definition) is 2. The van der Waals surface area contributed by atoms with Gasteiger partial charge in [0, 0.05) is 29.5 Å². The standard InChI is InChI=1S/C17H21ClN4O2.ClH/c1-11-10-19-9-8-14(11)20-15(23)6-7-16-21-17(22-24-16)12-2-4-13(18)5-3-12;/h2-5,11,14,19H,6-10H2,1H3,(H,20,23);1H. The molecule has 0 saturated carbocycles. The lowest BCUT2D eigenvalue weighted by atomic mass is 9.95. The Bertz CT molecular complexity index is 690. The van der Waals surface area contributed by atoms with E-state index in [1.165, 1.54) is 0 Å². The van der Waals surface area contributed by atoms with Gasteiger partial charge in [0.1, 0.15) is 0 Å². The molecule has 2 N–H and O–H groups in total. The summed E-state index contributed by atoms with van der Waals surface area (Å²) < 4.78 is 5.23. The number of hydrogen-bond acceptors (Lipinski definition) is 5. The molecule has 2 aromatic rings. The predicted molar refractivity (Wildman–Crippen MR) is 98.9 cm³/mol. The maximum Gasteiger partial charge on any atom is 0.227 e. The van der Waals surface area contributed by atoms with Crippen LogP contribution in [0.25, 0.3) is 11.4 Å². The molecule has 1 aromatic carbocycles. The van der Waals surface area contributed by atoms with E-state index in [1.807, 2.05) is 12.1 Å². The molecule has 0 spiro atoms. The quantitative estimate of drug-likeness (QED) is 0.828. The van der Waals surface area contributed by atoms with Crippen molar-refractivity contribution >= 4 is 29.9 Å². The van der Waals surface area contributed by atoms with Crippen LogP contribution in [0.15, 0.2) is 28.8 Å². The van der Waals surface area contributed by atoms with Crippen LogP contribution in [0, 0.1) is 5.92 Å². The van der Waals surface area contributed by atoms with Crippen molar-refractivity contribution in [3.8, 4) is 11.4 Å². The highest BCUT2D eigenvalue weighted by Gasteiger charge is 2.22. The van der Waals surface area contributed by atoms with Crippen molar-refractivity contribution < 1.29 is 9.32 Å². The predicted octanol–water partition coefficient (Wildman–Crippen LogP) is 2.86. The second kappa shape index (κ2) is 9.17. The van der Waals surface area contributed by atoms with Crippen LogP contribution in [-0.2, 0) is 11.2 Å². The summed E-state index contributed by atoms with van der Waals surface area (Å²) in [7, 11) is 0. The van der Waals surface area contributed by atoms with E-state index in [1.54, 1.807) is 12.1 Å². The van der Waals surface area contributed by atoms with Crippen molar-refractivity contribution in [3.63, 3.8) is 0 Å². The molecule has 0 radical (unpaired) electrons. The molecule has 0 aliphatic carbocycles. The molecule has 1 aliphatic heterocycles. The summed E-state index contributed by atoms with van der Waals surface area (Å²) in [5.74, 6) is 1.45. The molecule has 2 heterocycles. The number of amides is 1. The SMILES string of the molecule is CC1CNCCC1NC(=O)CCc1nc(-c2ccc(Cl)cc2)no1.Cl. The molecule has 136 valence electrons. The lowest BCUT2D eigenvalue weighted by Gasteiger charge is -2.30. The maximum absolute atomic E-state index is 12.1. The van der Waals surface area contributed by atoms with Gasteiger partial charge in [-0.1, -0.05) is 23.7 Å². The minimum atomic E-state index is 0. The van der Waals surface area contributed by atoms with Crippen molar-refractivity contribution in [1.29, 1.82) is 0 Å². The molecule has 8 heteroatoms. The number of aryl methyl sites for hydroxylation is 1. The zero-order valence-corrected chi connectivity index (χ0v) is 15.6. The van der Waals surface area contributed by atoms with Gasteiger partial charge in [0.05, 0.1) is 0 Å². The summed E-state index contributed by atoms with van der Waals surface area (Å²) in [5, 5.41) is 11.0. The molecule has 1 saturated heterocycles. The van der Waals surface area contributed by atoms with Crippen LogP contribution in [-0.4, -0.2) is 35.2 Å². The first kappa shape index (κ1) is 19.7. The number of benzene rings is 1. The summed E-state index contributed by atoms with van der Waals surface area (Å²) in [4.78, 5) is 16.4. The van der Waals surface area contributed by atoms with Gasteiger partial charge < -0.3 is 15.2 Å². The average Bonchev–Trinajstić information content (AvgIpc) is 3.05. The van der Waals surface area contributed by atoms with E-state index in [2.05, 4.69) is 27.7 Å².